The molecule has 0 N–H and O–H groups in total. The van der Waals surface area contributed by atoms with Gasteiger partial charge in [-0.05, 0) is 35.9 Å². The molecule has 3 rings (SSSR count). The van der Waals surface area contributed by atoms with E-state index in [0.29, 0.717) is 13.1 Å². The lowest BCUT2D eigenvalue weighted by molar-refractivity contribution is -0.126. The normalized spacial score (nSPS) is 14.8. The van der Waals surface area contributed by atoms with Crippen LogP contribution in [-0.4, -0.2) is 44.1 Å². The second-order valence-corrected chi connectivity index (χ2v) is 5.87. The number of halogens is 1. The molecule has 25 heavy (non-hydrogen) atoms. The van der Waals surface area contributed by atoms with Gasteiger partial charge in [-0.15, -0.1) is 0 Å². The molecule has 5 heteroatoms. The minimum atomic E-state index is -0.282. The van der Waals surface area contributed by atoms with Crippen molar-refractivity contribution in [3.05, 3.63) is 66.0 Å². The minimum absolute atomic E-state index is 0.0241. The summed E-state index contributed by atoms with van der Waals surface area (Å²) in [6, 6.07) is 14.0. The van der Waals surface area contributed by atoms with Gasteiger partial charge in [-0.2, -0.15) is 0 Å². The summed E-state index contributed by atoms with van der Waals surface area (Å²) in [6.45, 7) is 2.84. The molecule has 0 aromatic heterocycles. The Bertz CT molecular complexity index is 751. The van der Waals surface area contributed by atoms with Crippen molar-refractivity contribution in [2.24, 2.45) is 0 Å². The molecule has 4 nitrogen and oxygen atoms in total. The molecule has 130 valence electrons. The third-order valence-corrected chi connectivity index (χ3v) is 4.31. The number of hydrogen-bond acceptors (Lipinski definition) is 3. The topological polar surface area (TPSA) is 32.8 Å². The van der Waals surface area contributed by atoms with Crippen molar-refractivity contribution in [2.45, 2.75) is 0 Å². The van der Waals surface area contributed by atoms with Crippen molar-refractivity contribution >= 4 is 17.7 Å². The molecule has 0 bridgehead atoms. The number of benzene rings is 2. The highest BCUT2D eigenvalue weighted by Gasteiger charge is 2.21. The molecule has 0 atom stereocenters. The maximum Gasteiger partial charge on any atom is 0.246 e. The number of carbonyl (C=O) groups is 1. The van der Waals surface area contributed by atoms with Crippen LogP contribution in [0.4, 0.5) is 10.1 Å². The maximum absolute atomic E-state index is 12.9. The monoisotopic (exact) mass is 340 g/mol. The molecule has 1 heterocycles. The number of methoxy groups -OCH3 is 1. The molecule has 0 saturated carbocycles. The van der Waals surface area contributed by atoms with E-state index in [2.05, 4.69) is 4.90 Å². The molecular formula is C20H21FN2O2. The van der Waals surface area contributed by atoms with Gasteiger partial charge in [0.25, 0.3) is 0 Å². The molecule has 2 aromatic rings. The molecule has 1 aliphatic heterocycles. The largest absolute Gasteiger partial charge is 0.495 e. The summed E-state index contributed by atoms with van der Waals surface area (Å²) in [7, 11) is 1.67. The Morgan fingerprint density at radius 3 is 2.40 bits per heavy atom. The summed E-state index contributed by atoms with van der Waals surface area (Å²) in [4.78, 5) is 16.4. The van der Waals surface area contributed by atoms with E-state index in [1.54, 1.807) is 31.4 Å². The van der Waals surface area contributed by atoms with E-state index < -0.39 is 0 Å². The van der Waals surface area contributed by atoms with Crippen LogP contribution in [0.15, 0.2) is 54.6 Å². The van der Waals surface area contributed by atoms with Crippen LogP contribution in [0.25, 0.3) is 6.08 Å². The van der Waals surface area contributed by atoms with Gasteiger partial charge in [0.15, 0.2) is 0 Å². The Morgan fingerprint density at radius 2 is 1.72 bits per heavy atom. The molecule has 0 radical (unpaired) electrons. The zero-order valence-electron chi connectivity index (χ0n) is 14.2. The molecule has 0 unspecified atom stereocenters. The third-order valence-electron chi connectivity index (χ3n) is 4.31. The number of hydrogen-bond donors (Lipinski definition) is 0. The smallest absolute Gasteiger partial charge is 0.246 e. The van der Waals surface area contributed by atoms with E-state index in [4.69, 9.17) is 4.74 Å². The van der Waals surface area contributed by atoms with E-state index in [9.17, 15) is 9.18 Å². The fourth-order valence-electron chi connectivity index (χ4n) is 2.91. The summed E-state index contributed by atoms with van der Waals surface area (Å²) < 4.78 is 18.3. The number of carbonyl (C=O) groups excluding carboxylic acids is 1. The Balaban J connectivity index is 1.58. The lowest BCUT2D eigenvalue weighted by Crippen LogP contribution is -2.48. The molecule has 0 aliphatic carbocycles. The average Bonchev–Trinajstić information content (AvgIpc) is 2.67. The van der Waals surface area contributed by atoms with Crippen LogP contribution in [0.5, 0.6) is 5.75 Å². The first kappa shape index (κ1) is 17.0. The van der Waals surface area contributed by atoms with Crippen molar-refractivity contribution in [3.63, 3.8) is 0 Å². The van der Waals surface area contributed by atoms with Gasteiger partial charge in [-0.25, -0.2) is 4.39 Å². The minimum Gasteiger partial charge on any atom is -0.495 e. The van der Waals surface area contributed by atoms with E-state index >= 15 is 0 Å². The van der Waals surface area contributed by atoms with Crippen LogP contribution in [0.3, 0.4) is 0 Å². The van der Waals surface area contributed by atoms with Gasteiger partial charge in [0.1, 0.15) is 11.6 Å². The van der Waals surface area contributed by atoms with Crippen LogP contribution in [0.2, 0.25) is 0 Å². The van der Waals surface area contributed by atoms with Crippen LogP contribution in [-0.2, 0) is 4.79 Å². The van der Waals surface area contributed by atoms with Gasteiger partial charge in [-0.3, -0.25) is 4.79 Å². The third kappa shape index (κ3) is 4.18. The van der Waals surface area contributed by atoms with Crippen molar-refractivity contribution in [2.75, 3.05) is 38.2 Å². The van der Waals surface area contributed by atoms with Gasteiger partial charge in [0.2, 0.25) is 5.91 Å². The standard InChI is InChI=1S/C20H21FN2O2/c1-25-19-5-3-2-4-18(19)22-12-14-23(15-13-22)20(24)11-8-16-6-9-17(21)10-7-16/h2-11H,12-15H2,1H3. The number of rotatable bonds is 4. The second-order valence-electron chi connectivity index (χ2n) is 5.87. The summed E-state index contributed by atoms with van der Waals surface area (Å²) in [6.07, 6.45) is 3.26. The van der Waals surface area contributed by atoms with Gasteiger partial charge >= 0.3 is 0 Å². The van der Waals surface area contributed by atoms with Crippen LogP contribution in [0, 0.1) is 5.82 Å². The van der Waals surface area contributed by atoms with Gasteiger partial charge in [0.05, 0.1) is 12.8 Å². The molecule has 1 amide bonds. The van der Waals surface area contributed by atoms with Crippen molar-refractivity contribution in [3.8, 4) is 5.75 Å². The van der Waals surface area contributed by atoms with Crippen LogP contribution < -0.4 is 9.64 Å². The van der Waals surface area contributed by atoms with Gasteiger partial charge < -0.3 is 14.5 Å². The highest BCUT2D eigenvalue weighted by atomic mass is 19.1. The van der Waals surface area contributed by atoms with E-state index in [1.807, 2.05) is 29.2 Å². The summed E-state index contributed by atoms with van der Waals surface area (Å²) in [5, 5.41) is 0. The molecule has 1 fully saturated rings. The number of para-hydroxylation sites is 2. The average molecular weight is 340 g/mol. The Kier molecular flexibility index (Phi) is 5.33. The Morgan fingerprint density at radius 1 is 1.04 bits per heavy atom. The number of piperazine rings is 1. The number of anilines is 1. The van der Waals surface area contributed by atoms with E-state index in [-0.39, 0.29) is 11.7 Å². The fourth-order valence-corrected chi connectivity index (χ4v) is 2.91. The number of ether oxygens (including phenoxy) is 1. The van der Waals surface area contributed by atoms with E-state index in [0.717, 1.165) is 30.1 Å². The zero-order chi connectivity index (χ0) is 17.6. The highest BCUT2D eigenvalue weighted by Crippen LogP contribution is 2.28. The molecular weight excluding hydrogens is 319 g/mol. The summed E-state index contributed by atoms with van der Waals surface area (Å²) in [5.41, 5.74) is 1.86. The first-order valence-corrected chi connectivity index (χ1v) is 8.28. The van der Waals surface area contributed by atoms with Crippen LogP contribution >= 0.6 is 0 Å². The first-order valence-electron chi connectivity index (χ1n) is 8.28. The summed E-state index contributed by atoms with van der Waals surface area (Å²) >= 11 is 0. The van der Waals surface area contributed by atoms with Crippen LogP contribution in [0.1, 0.15) is 5.56 Å². The predicted molar refractivity (Wildman–Crippen MR) is 97.2 cm³/mol. The fraction of sp³-hybridized carbons (Fsp3) is 0.250. The summed E-state index contributed by atoms with van der Waals surface area (Å²) in [5.74, 6) is 0.540. The maximum atomic E-state index is 12.9. The Labute approximate surface area is 147 Å². The van der Waals surface area contributed by atoms with E-state index in [1.165, 1.54) is 12.1 Å². The predicted octanol–water partition coefficient (Wildman–Crippen LogP) is 3.20. The number of amides is 1. The quantitative estimate of drug-likeness (QED) is 0.802. The van der Waals surface area contributed by atoms with Crippen molar-refractivity contribution < 1.29 is 13.9 Å². The Hall–Kier alpha value is -2.82. The number of nitrogens with zero attached hydrogens (tertiary/aromatic N) is 2. The van der Waals surface area contributed by atoms with Crippen molar-refractivity contribution in [1.82, 2.24) is 4.90 Å². The molecule has 0 spiro atoms. The molecule has 1 saturated heterocycles. The van der Waals surface area contributed by atoms with Gasteiger partial charge in [0, 0.05) is 32.3 Å². The van der Waals surface area contributed by atoms with Gasteiger partial charge in [-0.1, -0.05) is 24.3 Å². The van der Waals surface area contributed by atoms with Crippen molar-refractivity contribution in [1.29, 1.82) is 0 Å². The lowest BCUT2D eigenvalue weighted by Gasteiger charge is -2.36. The zero-order valence-corrected chi connectivity index (χ0v) is 14.2. The second kappa shape index (κ2) is 7.83. The first-order chi connectivity index (χ1) is 12.2. The molecule has 2 aromatic carbocycles. The molecule has 1 aliphatic rings. The SMILES string of the molecule is COc1ccccc1N1CCN(C(=O)C=Cc2ccc(F)cc2)CC1. The lowest BCUT2D eigenvalue weighted by atomic mass is 10.2. The highest BCUT2D eigenvalue weighted by molar-refractivity contribution is 5.92.